The summed E-state index contributed by atoms with van der Waals surface area (Å²) < 4.78 is 6.23. The van der Waals surface area contributed by atoms with Gasteiger partial charge in [-0.3, -0.25) is 4.79 Å². The van der Waals surface area contributed by atoms with E-state index < -0.39 is 0 Å². The van der Waals surface area contributed by atoms with E-state index in [0.29, 0.717) is 6.54 Å². The fourth-order valence-electron chi connectivity index (χ4n) is 4.34. The molecule has 4 aliphatic rings. The van der Waals surface area contributed by atoms with Gasteiger partial charge in [-0.05, 0) is 23.6 Å². The van der Waals surface area contributed by atoms with Gasteiger partial charge in [-0.2, -0.15) is 0 Å². The van der Waals surface area contributed by atoms with Crippen molar-refractivity contribution < 1.29 is 9.21 Å². The maximum Gasteiger partial charge on any atom is 0.252 e. The summed E-state index contributed by atoms with van der Waals surface area (Å²) in [5.74, 6) is 0.0198. The molecule has 3 heterocycles. The van der Waals surface area contributed by atoms with Crippen molar-refractivity contribution in [2.24, 2.45) is 0 Å². The molecule has 4 nitrogen and oxygen atoms in total. The molecule has 6 rings (SSSR count). The van der Waals surface area contributed by atoms with Crippen LogP contribution in [0.4, 0.5) is 5.69 Å². The fraction of sp³-hybridized carbons (Fsp3) is 0.150. The third-order valence-electron chi connectivity index (χ3n) is 5.34. The van der Waals surface area contributed by atoms with Crippen molar-refractivity contribution in [1.29, 1.82) is 0 Å². The quantitative estimate of drug-likeness (QED) is 0.777. The monoisotopic (exact) mass is 314 g/mol. The Bertz CT molecular complexity index is 1170. The van der Waals surface area contributed by atoms with Gasteiger partial charge in [-0.25, -0.2) is 0 Å². The summed E-state index contributed by atoms with van der Waals surface area (Å²) in [7, 11) is 0. The van der Waals surface area contributed by atoms with Crippen molar-refractivity contribution in [3.05, 3.63) is 63.8 Å². The molecule has 1 atom stereocenters. The van der Waals surface area contributed by atoms with Gasteiger partial charge in [0.2, 0.25) is 0 Å². The van der Waals surface area contributed by atoms with Crippen LogP contribution in [0.25, 0.3) is 22.6 Å². The largest absolute Gasteiger partial charge is 0.454 e. The predicted molar refractivity (Wildman–Crippen MR) is 93.0 cm³/mol. The van der Waals surface area contributed by atoms with Crippen LogP contribution in [0.15, 0.2) is 40.9 Å². The summed E-state index contributed by atoms with van der Waals surface area (Å²) in [4.78, 5) is 12.6. The summed E-state index contributed by atoms with van der Waals surface area (Å²) in [6.45, 7) is 0.575. The van der Waals surface area contributed by atoms with Gasteiger partial charge in [0.15, 0.2) is 5.58 Å². The number of furan rings is 1. The molecule has 0 radical (unpaired) electrons. The molecular formula is C20H14N2O2. The Kier molecular flexibility index (Phi) is 2.12. The average molecular weight is 314 g/mol. The predicted octanol–water partition coefficient (Wildman–Crippen LogP) is 1.64. The van der Waals surface area contributed by atoms with Crippen LogP contribution >= 0.6 is 0 Å². The van der Waals surface area contributed by atoms with E-state index in [0.717, 1.165) is 50.4 Å². The highest BCUT2D eigenvalue weighted by Crippen LogP contribution is 2.36. The maximum atomic E-state index is 12.6. The van der Waals surface area contributed by atoms with Gasteiger partial charge < -0.3 is 15.1 Å². The molecule has 1 unspecified atom stereocenters. The summed E-state index contributed by atoms with van der Waals surface area (Å²) in [5.41, 5.74) is 7.00. The van der Waals surface area contributed by atoms with E-state index in [9.17, 15) is 4.79 Å². The molecule has 1 aromatic carbocycles. The molecule has 0 bridgehead atoms. The van der Waals surface area contributed by atoms with Gasteiger partial charge >= 0.3 is 0 Å². The van der Waals surface area contributed by atoms with Crippen molar-refractivity contribution in [3.63, 3.8) is 0 Å². The second kappa shape index (κ2) is 4.09. The van der Waals surface area contributed by atoms with Crippen LogP contribution in [-0.4, -0.2) is 11.9 Å². The molecular weight excluding hydrogens is 300 g/mol. The van der Waals surface area contributed by atoms with Crippen LogP contribution in [0.1, 0.15) is 21.5 Å². The van der Waals surface area contributed by atoms with Crippen molar-refractivity contribution in [3.8, 4) is 0 Å². The van der Waals surface area contributed by atoms with Crippen LogP contribution in [0.5, 0.6) is 0 Å². The highest BCUT2D eigenvalue weighted by atomic mass is 16.3. The lowest BCUT2D eigenvalue weighted by Gasteiger charge is -2.11. The Morgan fingerprint density at radius 3 is 3.08 bits per heavy atom. The number of rotatable bonds is 0. The lowest BCUT2D eigenvalue weighted by molar-refractivity contribution is 0.0965. The fourth-order valence-corrected chi connectivity index (χ4v) is 4.34. The van der Waals surface area contributed by atoms with E-state index in [-0.39, 0.29) is 11.9 Å². The van der Waals surface area contributed by atoms with Gasteiger partial charge in [0.05, 0.1) is 17.3 Å². The number of hydrogen-bond acceptors (Lipinski definition) is 3. The number of amides is 1. The summed E-state index contributed by atoms with van der Waals surface area (Å²) in [6, 6.07) is 0.109. The number of carbonyl (C=O) groups excluding carboxylic acids is 1. The molecule has 0 saturated carbocycles. The van der Waals surface area contributed by atoms with Gasteiger partial charge in [-0.1, -0.05) is 36.5 Å². The Balaban J connectivity index is 1.87. The number of nitrogens with one attached hydrogen (secondary N) is 2. The van der Waals surface area contributed by atoms with E-state index >= 15 is 0 Å². The van der Waals surface area contributed by atoms with Gasteiger partial charge in [-0.15, -0.1) is 0 Å². The zero-order valence-corrected chi connectivity index (χ0v) is 12.8. The number of anilines is 1. The first kappa shape index (κ1) is 12.4. The number of carbonyl (C=O) groups is 1. The molecule has 0 fully saturated rings. The van der Waals surface area contributed by atoms with Gasteiger partial charge in [0.25, 0.3) is 5.91 Å². The average Bonchev–Trinajstić information content (AvgIpc) is 3.27. The zero-order chi connectivity index (χ0) is 15.8. The third-order valence-corrected chi connectivity index (χ3v) is 5.34. The Morgan fingerprint density at radius 1 is 1.17 bits per heavy atom. The molecule has 116 valence electrons. The molecule has 4 heteroatoms. The third kappa shape index (κ3) is 1.33. The van der Waals surface area contributed by atoms with Crippen LogP contribution in [0, 0.1) is 0 Å². The molecule has 0 spiro atoms. The summed E-state index contributed by atoms with van der Waals surface area (Å²) >= 11 is 0. The number of fused-ring (bicyclic) bond motifs is 9. The molecule has 2 N–H and O–H groups in total. The molecule has 2 aliphatic carbocycles. The van der Waals surface area contributed by atoms with E-state index in [1.165, 1.54) is 5.56 Å². The van der Waals surface area contributed by atoms with E-state index in [1.807, 2.05) is 24.3 Å². The minimum atomic E-state index is 0.0198. The summed E-state index contributed by atoms with van der Waals surface area (Å²) in [5, 5.41) is 8.68. The highest BCUT2D eigenvalue weighted by molar-refractivity contribution is 6.11. The van der Waals surface area contributed by atoms with Gasteiger partial charge in [0, 0.05) is 22.7 Å². The minimum absolute atomic E-state index is 0.0198. The normalized spacial score (nSPS) is 21.9. The first-order chi connectivity index (χ1) is 11.8. The van der Waals surface area contributed by atoms with Crippen molar-refractivity contribution in [1.82, 2.24) is 5.32 Å². The SMILES string of the molecule is O=C1NCc2c1c1c(c3oc4c(c23)CC=CC=4)NC2C=CC=CC=12. The Morgan fingerprint density at radius 2 is 2.12 bits per heavy atom. The summed E-state index contributed by atoms with van der Waals surface area (Å²) in [6.07, 6.45) is 15.3. The zero-order valence-electron chi connectivity index (χ0n) is 12.8. The van der Waals surface area contributed by atoms with Crippen LogP contribution in [0.3, 0.4) is 0 Å². The van der Waals surface area contributed by atoms with E-state index in [2.05, 4.69) is 28.9 Å². The lowest BCUT2D eigenvalue weighted by atomic mass is 9.94. The molecule has 2 aliphatic heterocycles. The molecule has 1 aromatic heterocycles. The second-order valence-electron chi connectivity index (χ2n) is 6.56. The molecule has 0 saturated heterocycles. The standard InChI is InChI=1S/C20H14N2O2/c23-20-17-12(9-21-20)15-11-6-2-4-8-14(11)24-19(15)18-16(17)10-5-1-3-7-13(10)22-18/h1-5,7-8,13,22H,6,9H2,(H,21,23). The van der Waals surface area contributed by atoms with Gasteiger partial charge in [0.1, 0.15) is 5.42 Å². The molecule has 24 heavy (non-hydrogen) atoms. The Hall–Kier alpha value is -3.01. The first-order valence-electron chi connectivity index (χ1n) is 8.24. The minimum Gasteiger partial charge on any atom is -0.454 e. The molecule has 1 amide bonds. The first-order valence-corrected chi connectivity index (χ1v) is 8.24. The Labute approximate surface area is 137 Å². The van der Waals surface area contributed by atoms with Crippen LogP contribution < -0.4 is 21.3 Å². The van der Waals surface area contributed by atoms with Crippen molar-refractivity contribution >= 4 is 34.2 Å². The lowest BCUT2D eigenvalue weighted by Crippen LogP contribution is -2.21. The van der Waals surface area contributed by atoms with Crippen molar-refractivity contribution in [2.45, 2.75) is 19.0 Å². The maximum absolute atomic E-state index is 12.6. The highest BCUT2D eigenvalue weighted by Gasteiger charge is 2.34. The number of benzene rings is 1. The molecule has 2 aromatic rings. The number of hydrogen-bond donors (Lipinski definition) is 2. The van der Waals surface area contributed by atoms with Crippen molar-refractivity contribution in [2.75, 3.05) is 5.32 Å². The van der Waals surface area contributed by atoms with Crippen LogP contribution in [-0.2, 0) is 13.0 Å². The van der Waals surface area contributed by atoms with E-state index in [4.69, 9.17) is 4.42 Å². The number of allylic oxidation sites excluding steroid dienone is 4. The second-order valence-corrected chi connectivity index (χ2v) is 6.56. The smallest absolute Gasteiger partial charge is 0.252 e. The van der Waals surface area contributed by atoms with E-state index in [1.54, 1.807) is 0 Å². The van der Waals surface area contributed by atoms with Crippen LogP contribution in [0.2, 0.25) is 0 Å². The topological polar surface area (TPSA) is 54.3 Å².